The van der Waals surface area contributed by atoms with E-state index in [9.17, 15) is 27.4 Å². The fourth-order valence-corrected chi connectivity index (χ4v) is 6.47. The van der Waals surface area contributed by atoms with Crippen LogP contribution >= 0.6 is 0 Å². The van der Waals surface area contributed by atoms with Gasteiger partial charge in [0.15, 0.2) is 0 Å². The SMILES string of the molecule is CC(c1ccccc1)c1cc(C(=O)NC(CC[C@@H](C)C(=O)NC(C(=O)NCc2ccccc2)C(C)C)COCc2cc(F)cc(F)c2)cc(N(C)S(C)=O)c1. The number of amides is 3. The van der Waals surface area contributed by atoms with Crippen molar-refractivity contribution in [2.45, 2.75) is 71.7 Å². The molecule has 0 aliphatic carbocycles. The number of nitrogens with zero attached hydrogens (tertiary/aromatic N) is 1. The molecule has 3 N–H and O–H groups in total. The molecule has 0 aliphatic heterocycles. The minimum Gasteiger partial charge on any atom is -0.375 e. The normalized spacial score (nSPS) is 14.0. The van der Waals surface area contributed by atoms with Gasteiger partial charge in [0.25, 0.3) is 5.91 Å². The summed E-state index contributed by atoms with van der Waals surface area (Å²) in [6, 6.07) is 26.5. The van der Waals surface area contributed by atoms with Crippen molar-refractivity contribution < 1.29 is 32.1 Å². The van der Waals surface area contributed by atoms with Crippen LogP contribution in [0.2, 0.25) is 0 Å². The van der Waals surface area contributed by atoms with E-state index in [0.717, 1.165) is 22.8 Å². The first-order valence-electron chi connectivity index (χ1n) is 18.4. The Morgan fingerprint density at radius 2 is 1.40 bits per heavy atom. The Hall–Kier alpha value is -4.94. The average molecular weight is 775 g/mol. The maximum Gasteiger partial charge on any atom is 0.251 e. The first kappa shape index (κ1) is 42.8. The summed E-state index contributed by atoms with van der Waals surface area (Å²) in [4.78, 5) is 40.5. The zero-order chi connectivity index (χ0) is 40.1. The third-order valence-corrected chi connectivity index (χ3v) is 10.5. The number of anilines is 1. The Bertz CT molecular complexity index is 1890. The molecule has 5 atom stereocenters. The Labute approximate surface area is 325 Å². The summed E-state index contributed by atoms with van der Waals surface area (Å²) < 4.78 is 47.7. The lowest BCUT2D eigenvalue weighted by molar-refractivity contribution is -0.132. The molecule has 12 heteroatoms. The molecule has 294 valence electrons. The highest BCUT2D eigenvalue weighted by Gasteiger charge is 2.27. The van der Waals surface area contributed by atoms with Gasteiger partial charge in [-0.3, -0.25) is 18.7 Å². The molecule has 0 heterocycles. The van der Waals surface area contributed by atoms with E-state index in [2.05, 4.69) is 16.0 Å². The molecule has 0 radical (unpaired) electrons. The van der Waals surface area contributed by atoms with Crippen LogP contribution in [-0.2, 0) is 38.5 Å². The van der Waals surface area contributed by atoms with Crippen molar-refractivity contribution in [3.63, 3.8) is 0 Å². The summed E-state index contributed by atoms with van der Waals surface area (Å²) in [7, 11) is 0.340. The maximum absolute atomic E-state index is 14.0. The number of hydrogen-bond acceptors (Lipinski definition) is 5. The molecule has 0 aromatic heterocycles. The highest BCUT2D eigenvalue weighted by atomic mass is 32.2. The van der Waals surface area contributed by atoms with Crippen LogP contribution in [0.1, 0.15) is 79.1 Å². The van der Waals surface area contributed by atoms with Gasteiger partial charge >= 0.3 is 0 Å². The summed E-state index contributed by atoms with van der Waals surface area (Å²) >= 11 is 0. The van der Waals surface area contributed by atoms with E-state index >= 15 is 0 Å². The molecule has 0 aliphatic rings. The van der Waals surface area contributed by atoms with Gasteiger partial charge < -0.3 is 20.7 Å². The summed E-state index contributed by atoms with van der Waals surface area (Å²) in [5, 5.41) is 8.86. The predicted molar refractivity (Wildman–Crippen MR) is 214 cm³/mol. The minimum absolute atomic E-state index is 0.0133. The average Bonchev–Trinajstić information content (AvgIpc) is 3.17. The molecule has 4 aromatic carbocycles. The van der Waals surface area contributed by atoms with Gasteiger partial charge in [0.2, 0.25) is 11.8 Å². The van der Waals surface area contributed by atoms with Crippen molar-refractivity contribution in [1.29, 1.82) is 0 Å². The van der Waals surface area contributed by atoms with Crippen molar-refractivity contribution in [1.82, 2.24) is 16.0 Å². The van der Waals surface area contributed by atoms with E-state index in [0.29, 0.717) is 36.2 Å². The number of benzene rings is 4. The molecule has 9 nitrogen and oxygen atoms in total. The lowest BCUT2D eigenvalue weighted by atomic mass is 9.91. The third kappa shape index (κ3) is 13.1. The van der Waals surface area contributed by atoms with Gasteiger partial charge in [0, 0.05) is 49.0 Å². The Balaban J connectivity index is 1.50. The van der Waals surface area contributed by atoms with Crippen LogP contribution in [0.5, 0.6) is 0 Å². The lowest BCUT2D eigenvalue weighted by Gasteiger charge is -2.25. The van der Waals surface area contributed by atoms with Crippen molar-refractivity contribution in [2.24, 2.45) is 11.8 Å². The smallest absolute Gasteiger partial charge is 0.251 e. The molecular weight excluding hydrogens is 723 g/mol. The summed E-state index contributed by atoms with van der Waals surface area (Å²) in [6.07, 6.45) is 2.21. The number of ether oxygens (including phenoxy) is 1. The zero-order valence-electron chi connectivity index (χ0n) is 32.3. The number of carbonyl (C=O) groups is 3. The van der Waals surface area contributed by atoms with Gasteiger partial charge in [-0.15, -0.1) is 0 Å². The number of nitrogens with one attached hydrogen (secondary N) is 3. The fraction of sp³-hybridized carbons (Fsp3) is 0.372. The Morgan fingerprint density at radius 1 is 0.764 bits per heavy atom. The number of halogens is 2. The fourth-order valence-electron chi connectivity index (χ4n) is 6.07. The first-order chi connectivity index (χ1) is 26.2. The molecule has 0 bridgehead atoms. The van der Waals surface area contributed by atoms with Crippen molar-refractivity contribution in [3.8, 4) is 0 Å². The van der Waals surface area contributed by atoms with E-state index < -0.39 is 46.5 Å². The van der Waals surface area contributed by atoms with Gasteiger partial charge in [-0.05, 0) is 71.3 Å². The molecule has 0 fully saturated rings. The zero-order valence-corrected chi connectivity index (χ0v) is 33.1. The number of hydrogen-bond donors (Lipinski definition) is 3. The summed E-state index contributed by atoms with van der Waals surface area (Å²) in [5.41, 5.74) is 4.08. The monoisotopic (exact) mass is 774 g/mol. The Kier molecular flexibility index (Phi) is 16.1. The van der Waals surface area contributed by atoms with Crippen LogP contribution in [0.25, 0.3) is 0 Å². The first-order valence-corrected chi connectivity index (χ1v) is 20.0. The van der Waals surface area contributed by atoms with Gasteiger partial charge in [-0.25, -0.2) is 13.0 Å². The van der Waals surface area contributed by atoms with Gasteiger partial charge in [-0.2, -0.15) is 0 Å². The Morgan fingerprint density at radius 3 is 2.02 bits per heavy atom. The van der Waals surface area contributed by atoms with Gasteiger partial charge in [0.1, 0.15) is 28.7 Å². The van der Waals surface area contributed by atoms with Crippen LogP contribution < -0.4 is 20.3 Å². The second-order valence-corrected chi connectivity index (χ2v) is 15.6. The molecular formula is C43H52F2N4O5S. The molecule has 0 spiro atoms. The van der Waals surface area contributed by atoms with Crippen molar-refractivity contribution >= 4 is 34.4 Å². The second-order valence-electron chi connectivity index (χ2n) is 14.2. The number of rotatable bonds is 19. The molecule has 4 aromatic rings. The van der Waals surface area contributed by atoms with Crippen LogP contribution in [-0.4, -0.2) is 53.9 Å². The number of carbonyl (C=O) groups excluding carboxylic acids is 3. The van der Waals surface area contributed by atoms with E-state index in [1.165, 1.54) is 12.1 Å². The third-order valence-electron chi connectivity index (χ3n) is 9.55. The van der Waals surface area contributed by atoms with Crippen LogP contribution in [0.15, 0.2) is 97.1 Å². The summed E-state index contributed by atoms with van der Waals surface area (Å²) in [5.74, 6) is -3.23. The van der Waals surface area contributed by atoms with E-state index in [4.69, 9.17) is 4.74 Å². The van der Waals surface area contributed by atoms with Crippen molar-refractivity contribution in [2.75, 3.05) is 24.2 Å². The van der Waals surface area contributed by atoms with Gasteiger partial charge in [0.05, 0.1) is 19.3 Å². The molecule has 0 saturated heterocycles. The molecule has 4 unspecified atom stereocenters. The van der Waals surface area contributed by atoms with E-state index in [1.54, 1.807) is 36.7 Å². The van der Waals surface area contributed by atoms with Crippen LogP contribution in [0, 0.1) is 23.5 Å². The maximum atomic E-state index is 14.0. The van der Waals surface area contributed by atoms with E-state index in [-0.39, 0.29) is 36.9 Å². The minimum atomic E-state index is -1.35. The molecule has 55 heavy (non-hydrogen) atoms. The van der Waals surface area contributed by atoms with Crippen molar-refractivity contribution in [3.05, 3.63) is 137 Å². The highest BCUT2D eigenvalue weighted by Crippen LogP contribution is 2.29. The molecule has 3 amide bonds. The predicted octanol–water partition coefficient (Wildman–Crippen LogP) is 7.04. The second kappa shape index (κ2) is 20.7. The molecule has 4 rings (SSSR count). The summed E-state index contributed by atoms with van der Waals surface area (Å²) in [6.45, 7) is 7.73. The quantitative estimate of drug-likeness (QED) is 0.0946. The largest absolute Gasteiger partial charge is 0.375 e. The topological polar surface area (TPSA) is 117 Å². The molecule has 0 saturated carbocycles. The van der Waals surface area contributed by atoms with E-state index in [1.807, 2.05) is 87.5 Å². The van der Waals surface area contributed by atoms with Crippen LogP contribution in [0.3, 0.4) is 0 Å². The highest BCUT2D eigenvalue weighted by molar-refractivity contribution is 7.85. The van der Waals surface area contributed by atoms with Gasteiger partial charge in [-0.1, -0.05) is 88.4 Å². The standard InChI is InChI=1S/C43H52F2N4O5S/c1-28(2)40(43(52)46-25-31-13-9-7-10-14-31)48-41(50)29(3)17-18-38(27-54-26-32-19-36(44)24-37(45)20-32)47-42(51)35-21-34(22-39(23-35)49(5)55(6)53)30(4)33-15-11-8-12-16-33/h7-16,19-24,28-30,38,40H,17-18,25-27H2,1-6H3,(H,46,52)(H,47,51)(H,48,50)/t29-,30?,38?,40?,55?/m1/s1. The van der Waals surface area contributed by atoms with Crippen LogP contribution in [0.4, 0.5) is 14.5 Å². The lowest BCUT2D eigenvalue weighted by Crippen LogP contribution is -2.50.